The summed E-state index contributed by atoms with van der Waals surface area (Å²) in [6.45, 7) is 9.19. The molecule has 0 saturated heterocycles. The lowest BCUT2D eigenvalue weighted by Gasteiger charge is -2.26. The van der Waals surface area contributed by atoms with Crippen LogP contribution >= 0.6 is 12.4 Å². The Kier molecular flexibility index (Phi) is 15.7. The van der Waals surface area contributed by atoms with Gasteiger partial charge in [-0.2, -0.15) is 0 Å². The van der Waals surface area contributed by atoms with Gasteiger partial charge in [-0.25, -0.2) is 0 Å². The molecule has 0 atom stereocenters. The maximum Gasteiger partial charge on any atom is 0.128 e. The molecule has 186 valence electrons. The maximum absolute atomic E-state index is 9.12. The second-order valence-electron chi connectivity index (χ2n) is 8.96. The molecule has 2 aromatic carbocycles. The normalized spacial score (nSPS) is 10.8. The highest BCUT2D eigenvalue weighted by Gasteiger charge is 2.16. The molecular weight excluding hydrogens is 428 g/mol. The maximum atomic E-state index is 9.12. The lowest BCUT2D eigenvalue weighted by molar-refractivity contribution is 0.344. The topological polar surface area (TPSA) is 36.3 Å². The predicted molar refractivity (Wildman–Crippen MR) is 148 cm³/mol. The predicted octanol–water partition coefficient (Wildman–Crippen LogP) is 9.01. The molecule has 4 heteroatoms. The lowest BCUT2D eigenvalue weighted by Crippen LogP contribution is -2.33. The fraction of sp³-hybridized carbons (Fsp3) is 0.621. The molecule has 0 radical (unpaired) electrons. The quantitative estimate of drug-likeness (QED) is 0.141. The average Bonchev–Trinajstić information content (AvgIpc) is 2.82. The van der Waals surface area contributed by atoms with Crippen molar-refractivity contribution in [3.63, 3.8) is 0 Å². The van der Waals surface area contributed by atoms with Crippen LogP contribution in [0.25, 0.3) is 10.8 Å². The van der Waals surface area contributed by atoms with Crippen molar-refractivity contribution in [3.05, 3.63) is 42.0 Å². The van der Waals surface area contributed by atoms with E-state index < -0.39 is 0 Å². The van der Waals surface area contributed by atoms with Gasteiger partial charge in [0.05, 0.1) is 6.61 Å². The van der Waals surface area contributed by atoms with Gasteiger partial charge in [-0.1, -0.05) is 102 Å². The second-order valence-corrected chi connectivity index (χ2v) is 8.96. The number of nitrogens with one attached hydrogen (secondary N) is 1. The number of fused-ring (bicyclic) bond motifs is 1. The summed E-state index contributed by atoms with van der Waals surface area (Å²) < 4.78 is 5.85. The molecular formula is C29H47ClN2O. The fourth-order valence-electron chi connectivity index (χ4n) is 4.43. The van der Waals surface area contributed by atoms with Crippen LogP contribution in [-0.4, -0.2) is 30.4 Å². The number of amidine groups is 1. The molecule has 0 amide bonds. The minimum absolute atomic E-state index is 0. The number of ether oxygens (including phenoxy) is 1. The Labute approximate surface area is 209 Å². The molecule has 3 nitrogen and oxygen atoms in total. The summed E-state index contributed by atoms with van der Waals surface area (Å²) in [5.41, 5.74) is 1.03. The van der Waals surface area contributed by atoms with Gasteiger partial charge in [-0.05, 0) is 37.3 Å². The average molecular weight is 475 g/mol. The van der Waals surface area contributed by atoms with Crippen LogP contribution in [0.1, 0.15) is 103 Å². The Morgan fingerprint density at radius 1 is 0.697 bits per heavy atom. The van der Waals surface area contributed by atoms with Crippen molar-refractivity contribution in [2.24, 2.45) is 0 Å². The zero-order chi connectivity index (χ0) is 23.0. The van der Waals surface area contributed by atoms with Crippen molar-refractivity contribution in [2.75, 3.05) is 19.7 Å². The fourth-order valence-corrected chi connectivity index (χ4v) is 4.43. The summed E-state index contributed by atoms with van der Waals surface area (Å²) in [7, 11) is 0. The van der Waals surface area contributed by atoms with Crippen LogP contribution in [0, 0.1) is 5.41 Å². The Hall–Kier alpha value is -1.74. The molecule has 0 aliphatic heterocycles. The number of halogens is 1. The van der Waals surface area contributed by atoms with Crippen LogP contribution < -0.4 is 4.74 Å². The summed E-state index contributed by atoms with van der Waals surface area (Å²) in [5.74, 6) is 1.59. The van der Waals surface area contributed by atoms with Gasteiger partial charge in [0, 0.05) is 24.0 Å². The number of hydrogen-bond donors (Lipinski definition) is 1. The largest absolute Gasteiger partial charge is 0.493 e. The third-order valence-corrected chi connectivity index (χ3v) is 6.32. The van der Waals surface area contributed by atoms with Crippen molar-refractivity contribution in [3.8, 4) is 5.75 Å². The molecule has 0 spiro atoms. The molecule has 0 aliphatic carbocycles. The molecule has 2 rings (SSSR count). The molecule has 0 aromatic heterocycles. The van der Waals surface area contributed by atoms with E-state index in [-0.39, 0.29) is 12.4 Å². The molecule has 2 aromatic rings. The van der Waals surface area contributed by atoms with Gasteiger partial charge in [0.15, 0.2) is 0 Å². The van der Waals surface area contributed by atoms with E-state index in [4.69, 9.17) is 10.1 Å². The second kappa shape index (κ2) is 17.7. The van der Waals surface area contributed by atoms with Crippen LogP contribution in [0.2, 0.25) is 0 Å². The minimum atomic E-state index is 0. The van der Waals surface area contributed by atoms with Gasteiger partial charge in [-0.15, -0.1) is 12.4 Å². The van der Waals surface area contributed by atoms with E-state index in [9.17, 15) is 0 Å². The van der Waals surface area contributed by atoms with Crippen LogP contribution in [0.15, 0.2) is 36.4 Å². The first kappa shape index (κ1) is 29.3. The Bertz CT molecular complexity index is 776. The zero-order valence-electron chi connectivity index (χ0n) is 21.3. The first-order chi connectivity index (χ1) is 15.7. The van der Waals surface area contributed by atoms with Crippen molar-refractivity contribution in [2.45, 2.75) is 97.8 Å². The van der Waals surface area contributed by atoms with Gasteiger partial charge >= 0.3 is 0 Å². The first-order valence-corrected chi connectivity index (χ1v) is 13.2. The van der Waals surface area contributed by atoms with E-state index in [1.165, 1.54) is 77.0 Å². The monoisotopic (exact) mass is 474 g/mol. The number of hydrogen-bond acceptors (Lipinski definition) is 2. The minimum Gasteiger partial charge on any atom is -0.493 e. The highest BCUT2D eigenvalue weighted by atomic mass is 35.5. The highest BCUT2D eigenvalue weighted by Crippen LogP contribution is 2.29. The van der Waals surface area contributed by atoms with Crippen LogP contribution in [0.4, 0.5) is 0 Å². The number of benzene rings is 2. The molecule has 0 saturated carbocycles. The van der Waals surface area contributed by atoms with Crippen LogP contribution in [-0.2, 0) is 0 Å². The van der Waals surface area contributed by atoms with Gasteiger partial charge in [-0.3, -0.25) is 5.41 Å². The molecule has 33 heavy (non-hydrogen) atoms. The zero-order valence-corrected chi connectivity index (χ0v) is 22.2. The summed E-state index contributed by atoms with van der Waals surface area (Å²) in [6, 6.07) is 12.5. The Balaban J connectivity index is 0.00000544. The number of nitrogens with zero attached hydrogens (tertiary/aromatic N) is 1. The molecule has 0 fully saturated rings. The van der Waals surface area contributed by atoms with E-state index in [0.29, 0.717) is 12.4 Å². The first-order valence-electron chi connectivity index (χ1n) is 13.2. The van der Waals surface area contributed by atoms with Gasteiger partial charge in [0.1, 0.15) is 11.6 Å². The summed E-state index contributed by atoms with van der Waals surface area (Å²) in [6.07, 6.45) is 15.5. The SMILES string of the molecule is CCCCCCCCN(CCCCCCCC)C(=N)c1ccc(OCC)c2ccccc12.Cl. The van der Waals surface area contributed by atoms with Crippen molar-refractivity contribution in [1.82, 2.24) is 4.90 Å². The molecule has 0 heterocycles. The van der Waals surface area contributed by atoms with Crippen molar-refractivity contribution < 1.29 is 4.74 Å². The summed E-state index contributed by atoms with van der Waals surface area (Å²) in [4.78, 5) is 2.34. The molecule has 0 aliphatic rings. The third-order valence-electron chi connectivity index (χ3n) is 6.32. The van der Waals surface area contributed by atoms with E-state index in [1.54, 1.807) is 0 Å². The lowest BCUT2D eigenvalue weighted by atomic mass is 10.0. The highest BCUT2D eigenvalue weighted by molar-refractivity contribution is 6.09. The number of rotatable bonds is 17. The van der Waals surface area contributed by atoms with E-state index in [2.05, 4.69) is 49.1 Å². The van der Waals surface area contributed by atoms with Gasteiger partial charge in [0.2, 0.25) is 0 Å². The van der Waals surface area contributed by atoms with Gasteiger partial charge < -0.3 is 9.64 Å². The number of unbranched alkanes of at least 4 members (excludes halogenated alkanes) is 10. The third kappa shape index (κ3) is 9.96. The van der Waals surface area contributed by atoms with Crippen LogP contribution in [0.5, 0.6) is 5.75 Å². The van der Waals surface area contributed by atoms with Gasteiger partial charge in [0.25, 0.3) is 0 Å². The summed E-state index contributed by atoms with van der Waals surface area (Å²) >= 11 is 0. The molecule has 0 unspecified atom stereocenters. The molecule has 1 N–H and O–H groups in total. The van der Waals surface area contributed by atoms with Crippen molar-refractivity contribution in [1.29, 1.82) is 5.41 Å². The van der Waals surface area contributed by atoms with E-state index in [0.717, 1.165) is 35.2 Å². The Morgan fingerprint density at radius 3 is 1.76 bits per heavy atom. The smallest absolute Gasteiger partial charge is 0.128 e. The standard InChI is InChI=1S/C29H46N2O.ClH/c1-4-7-9-11-13-17-23-31(24-18-14-12-10-8-5-2)29(30)27-21-22-28(32-6-3)26-20-16-15-19-25(26)27;/h15-16,19-22,30H,4-14,17-18,23-24H2,1-3H3;1H. The Morgan fingerprint density at radius 2 is 1.21 bits per heavy atom. The van der Waals surface area contributed by atoms with Crippen LogP contribution in [0.3, 0.4) is 0 Å². The summed E-state index contributed by atoms with van der Waals surface area (Å²) in [5, 5.41) is 11.4. The van der Waals surface area contributed by atoms with E-state index in [1.807, 2.05) is 13.0 Å². The van der Waals surface area contributed by atoms with Crippen molar-refractivity contribution >= 4 is 29.0 Å². The molecule has 0 bridgehead atoms. The van der Waals surface area contributed by atoms with E-state index >= 15 is 0 Å².